The van der Waals surface area contributed by atoms with Crippen molar-refractivity contribution in [2.75, 3.05) is 24.5 Å². The van der Waals surface area contributed by atoms with E-state index in [1.54, 1.807) is 18.2 Å². The fourth-order valence-corrected chi connectivity index (χ4v) is 3.45. The molecule has 1 aliphatic heterocycles. The van der Waals surface area contributed by atoms with Crippen molar-refractivity contribution < 1.29 is 19.4 Å². The van der Waals surface area contributed by atoms with E-state index in [0.29, 0.717) is 11.4 Å². The third kappa shape index (κ3) is 5.10. The minimum Gasteiger partial charge on any atom is -0.478 e. The summed E-state index contributed by atoms with van der Waals surface area (Å²) in [5.41, 5.74) is 0.838. The molecule has 0 bridgehead atoms. The van der Waals surface area contributed by atoms with Crippen LogP contribution in [-0.4, -0.2) is 47.7 Å². The number of ketones is 1. The Balaban J connectivity index is 1.98. The lowest BCUT2D eigenvalue weighted by Gasteiger charge is -2.41. The number of carbonyl (C=O) groups is 2. The molecule has 1 unspecified atom stereocenters. The summed E-state index contributed by atoms with van der Waals surface area (Å²) in [6, 6.07) is 16.2. The van der Waals surface area contributed by atoms with Gasteiger partial charge in [0, 0.05) is 18.8 Å². The quantitative estimate of drug-likeness (QED) is 0.703. The molecule has 1 heterocycles. The van der Waals surface area contributed by atoms with Gasteiger partial charge in [0.1, 0.15) is 11.5 Å². The Kier molecular flexibility index (Phi) is 6.66. The van der Waals surface area contributed by atoms with E-state index < -0.39 is 12.3 Å². The van der Waals surface area contributed by atoms with E-state index in [-0.39, 0.29) is 17.9 Å². The SMILES string of the molecule is CC(=O)CN(c1cccc(C(=O)O)c1)C(Oc1ccccc1)N1CCCCC1. The van der Waals surface area contributed by atoms with Crippen LogP contribution in [-0.2, 0) is 4.79 Å². The summed E-state index contributed by atoms with van der Waals surface area (Å²) in [6.07, 6.45) is 2.82. The maximum Gasteiger partial charge on any atom is 0.335 e. The van der Waals surface area contributed by atoms with Crippen molar-refractivity contribution in [1.29, 1.82) is 0 Å². The zero-order valence-electron chi connectivity index (χ0n) is 16.1. The van der Waals surface area contributed by atoms with E-state index in [1.165, 1.54) is 13.3 Å². The molecule has 28 heavy (non-hydrogen) atoms. The second-order valence-corrected chi connectivity index (χ2v) is 7.04. The molecule has 1 atom stereocenters. The van der Waals surface area contributed by atoms with Crippen molar-refractivity contribution in [2.24, 2.45) is 0 Å². The number of rotatable bonds is 8. The molecular formula is C22H26N2O4. The van der Waals surface area contributed by atoms with Crippen LogP contribution < -0.4 is 9.64 Å². The summed E-state index contributed by atoms with van der Waals surface area (Å²) in [6.45, 7) is 3.40. The van der Waals surface area contributed by atoms with Gasteiger partial charge in [-0.25, -0.2) is 4.79 Å². The average molecular weight is 382 g/mol. The van der Waals surface area contributed by atoms with Crippen molar-refractivity contribution in [1.82, 2.24) is 4.90 Å². The molecule has 1 N–H and O–H groups in total. The van der Waals surface area contributed by atoms with Crippen molar-refractivity contribution >= 4 is 17.4 Å². The van der Waals surface area contributed by atoms with Gasteiger partial charge in [0.05, 0.1) is 12.1 Å². The molecule has 0 aromatic heterocycles. The standard InChI is InChI=1S/C22H26N2O4/c1-17(25)16-24(19-10-8-9-18(15-19)21(26)27)22(23-13-6-3-7-14-23)28-20-11-4-2-5-12-20/h2,4-5,8-12,15,22H,3,6-7,13-14,16H2,1H3,(H,26,27). The molecular weight excluding hydrogens is 356 g/mol. The van der Waals surface area contributed by atoms with Gasteiger partial charge in [-0.1, -0.05) is 30.7 Å². The van der Waals surface area contributed by atoms with Crippen LogP contribution >= 0.6 is 0 Å². The number of anilines is 1. The Morgan fingerprint density at radius 3 is 2.43 bits per heavy atom. The number of likely N-dealkylation sites (tertiary alicyclic amines) is 1. The third-order valence-electron chi connectivity index (χ3n) is 4.77. The molecule has 6 nitrogen and oxygen atoms in total. The molecule has 3 rings (SSSR count). The van der Waals surface area contributed by atoms with E-state index in [4.69, 9.17) is 4.74 Å². The number of ether oxygens (including phenoxy) is 1. The van der Waals surface area contributed by atoms with Gasteiger partial charge in [-0.15, -0.1) is 0 Å². The van der Waals surface area contributed by atoms with Gasteiger partial charge in [-0.3, -0.25) is 9.69 Å². The summed E-state index contributed by atoms with van der Waals surface area (Å²) >= 11 is 0. The van der Waals surface area contributed by atoms with Crippen LogP contribution in [0.2, 0.25) is 0 Å². The minimum atomic E-state index is -0.997. The van der Waals surface area contributed by atoms with Crippen molar-refractivity contribution in [2.45, 2.75) is 32.5 Å². The van der Waals surface area contributed by atoms with Gasteiger partial charge < -0.3 is 14.7 Å². The second kappa shape index (κ2) is 9.37. The number of hydrogen-bond acceptors (Lipinski definition) is 5. The van der Waals surface area contributed by atoms with Gasteiger partial charge in [0.25, 0.3) is 0 Å². The van der Waals surface area contributed by atoms with Crippen molar-refractivity contribution in [3.05, 3.63) is 60.2 Å². The average Bonchev–Trinajstić information content (AvgIpc) is 2.72. The van der Waals surface area contributed by atoms with Crippen molar-refractivity contribution in [3.8, 4) is 5.75 Å². The number of carbonyl (C=O) groups excluding carboxylic acids is 1. The van der Waals surface area contributed by atoms with Crippen molar-refractivity contribution in [3.63, 3.8) is 0 Å². The smallest absolute Gasteiger partial charge is 0.335 e. The molecule has 0 saturated carbocycles. The highest BCUT2D eigenvalue weighted by atomic mass is 16.5. The van der Waals surface area contributed by atoms with Gasteiger partial charge in [-0.05, 0) is 50.1 Å². The maximum absolute atomic E-state index is 12.1. The Bertz CT molecular complexity index is 803. The normalized spacial score (nSPS) is 15.6. The van der Waals surface area contributed by atoms with E-state index in [1.807, 2.05) is 41.3 Å². The number of Topliss-reactive ketones (excluding diaryl/α,β-unsaturated/α-hetero) is 1. The summed E-state index contributed by atoms with van der Waals surface area (Å²) in [5, 5.41) is 9.37. The fraction of sp³-hybridized carbons (Fsp3) is 0.364. The Hall–Kier alpha value is -2.86. The number of carboxylic acids is 1. The number of nitrogens with zero attached hydrogens (tertiary/aromatic N) is 2. The Morgan fingerprint density at radius 1 is 1.07 bits per heavy atom. The molecule has 0 radical (unpaired) electrons. The first-order chi connectivity index (χ1) is 13.5. The fourth-order valence-electron chi connectivity index (χ4n) is 3.45. The number of carboxylic acid groups (broad SMARTS) is 1. The molecule has 1 saturated heterocycles. The van der Waals surface area contributed by atoms with Gasteiger partial charge >= 0.3 is 5.97 Å². The van der Waals surface area contributed by atoms with E-state index in [0.717, 1.165) is 25.9 Å². The van der Waals surface area contributed by atoms with Crippen LogP contribution in [0.15, 0.2) is 54.6 Å². The van der Waals surface area contributed by atoms with Gasteiger partial charge in [0.15, 0.2) is 0 Å². The van der Waals surface area contributed by atoms with Crippen LogP contribution in [0, 0.1) is 0 Å². The predicted octanol–water partition coefficient (Wildman–Crippen LogP) is 3.63. The van der Waals surface area contributed by atoms with Gasteiger partial charge in [-0.2, -0.15) is 0 Å². The second-order valence-electron chi connectivity index (χ2n) is 7.04. The van der Waals surface area contributed by atoms with Crippen LogP contribution in [0.25, 0.3) is 0 Å². The van der Waals surface area contributed by atoms with E-state index >= 15 is 0 Å². The molecule has 6 heteroatoms. The number of piperidine rings is 1. The lowest BCUT2D eigenvalue weighted by Crippen LogP contribution is -2.55. The monoisotopic (exact) mass is 382 g/mol. The zero-order valence-corrected chi connectivity index (χ0v) is 16.1. The summed E-state index contributed by atoms with van der Waals surface area (Å²) in [4.78, 5) is 27.6. The topological polar surface area (TPSA) is 70.1 Å². The van der Waals surface area contributed by atoms with Crippen LogP contribution in [0.5, 0.6) is 5.75 Å². The molecule has 0 spiro atoms. The molecule has 1 aliphatic rings. The lowest BCUT2D eigenvalue weighted by atomic mass is 10.1. The summed E-state index contributed by atoms with van der Waals surface area (Å²) in [7, 11) is 0. The van der Waals surface area contributed by atoms with E-state index in [9.17, 15) is 14.7 Å². The first kappa shape index (κ1) is 19.9. The molecule has 2 aromatic carbocycles. The minimum absolute atomic E-state index is 0.0144. The molecule has 1 fully saturated rings. The number of para-hydroxylation sites is 1. The van der Waals surface area contributed by atoms with Crippen LogP contribution in [0.4, 0.5) is 5.69 Å². The van der Waals surface area contributed by atoms with E-state index in [2.05, 4.69) is 4.90 Å². The molecule has 0 aliphatic carbocycles. The van der Waals surface area contributed by atoms with Gasteiger partial charge in [0.2, 0.25) is 6.35 Å². The van der Waals surface area contributed by atoms with Crippen LogP contribution in [0.3, 0.4) is 0 Å². The highest BCUT2D eigenvalue weighted by molar-refractivity contribution is 5.89. The first-order valence-electron chi connectivity index (χ1n) is 9.60. The molecule has 148 valence electrons. The Labute approximate surface area is 165 Å². The maximum atomic E-state index is 12.1. The highest BCUT2D eigenvalue weighted by Gasteiger charge is 2.30. The third-order valence-corrected chi connectivity index (χ3v) is 4.77. The first-order valence-corrected chi connectivity index (χ1v) is 9.60. The largest absolute Gasteiger partial charge is 0.478 e. The number of benzene rings is 2. The Morgan fingerprint density at radius 2 is 1.79 bits per heavy atom. The number of hydrogen-bond donors (Lipinski definition) is 1. The predicted molar refractivity (Wildman–Crippen MR) is 108 cm³/mol. The zero-order chi connectivity index (χ0) is 19.9. The summed E-state index contributed by atoms with van der Waals surface area (Å²) in [5.74, 6) is -0.302. The van der Waals surface area contributed by atoms with Crippen LogP contribution in [0.1, 0.15) is 36.5 Å². The summed E-state index contributed by atoms with van der Waals surface area (Å²) < 4.78 is 6.32. The lowest BCUT2D eigenvalue weighted by molar-refractivity contribution is -0.116. The highest BCUT2D eigenvalue weighted by Crippen LogP contribution is 2.25. The molecule has 0 amide bonds. The molecule has 2 aromatic rings. The number of aromatic carboxylic acids is 1.